The second kappa shape index (κ2) is 15.7. The molecule has 14 nitrogen and oxygen atoms in total. The summed E-state index contributed by atoms with van der Waals surface area (Å²) in [4.78, 5) is 65.0. The minimum absolute atomic E-state index is 0.00835. The van der Waals surface area contributed by atoms with E-state index in [1.54, 1.807) is 30.3 Å². The number of aliphatic imine (C=N–C) groups is 1. The van der Waals surface area contributed by atoms with Crippen molar-refractivity contribution in [2.75, 3.05) is 25.0 Å². The van der Waals surface area contributed by atoms with Crippen molar-refractivity contribution in [3.63, 3.8) is 0 Å². The van der Waals surface area contributed by atoms with E-state index in [0.29, 0.717) is 6.07 Å². The lowest BCUT2D eigenvalue weighted by Gasteiger charge is -2.19. The third-order valence-corrected chi connectivity index (χ3v) is 5.97. The molecule has 0 fully saturated rings. The van der Waals surface area contributed by atoms with E-state index in [9.17, 15) is 37.1 Å². The van der Waals surface area contributed by atoms with Crippen LogP contribution in [0.5, 0.6) is 0 Å². The van der Waals surface area contributed by atoms with Crippen LogP contribution in [-0.4, -0.2) is 55.5 Å². The largest absolute Gasteiger partial charge is 0.445 e. The first-order chi connectivity index (χ1) is 21.3. The molecule has 45 heavy (non-hydrogen) atoms. The molecule has 0 saturated carbocycles. The van der Waals surface area contributed by atoms with Crippen LogP contribution >= 0.6 is 0 Å². The summed E-state index contributed by atoms with van der Waals surface area (Å²) >= 11 is 0. The highest BCUT2D eigenvalue weighted by molar-refractivity contribution is 5.99. The lowest BCUT2D eigenvalue weighted by atomic mass is 10.1. The number of nitrogens with two attached hydrogens (primary N) is 2. The number of alkyl halides is 3. The van der Waals surface area contributed by atoms with Gasteiger partial charge in [0.15, 0.2) is 5.96 Å². The van der Waals surface area contributed by atoms with Gasteiger partial charge in [0.05, 0.1) is 12.1 Å². The van der Waals surface area contributed by atoms with Gasteiger partial charge in [-0.2, -0.15) is 13.2 Å². The van der Waals surface area contributed by atoms with Crippen molar-refractivity contribution >= 4 is 46.4 Å². The monoisotopic (exact) mass is 633 g/mol. The second-order valence-corrected chi connectivity index (χ2v) is 9.44. The van der Waals surface area contributed by atoms with Crippen LogP contribution in [0.15, 0.2) is 68.8 Å². The Bertz CT molecular complexity index is 1610. The molecule has 0 aliphatic rings. The molecular weight excluding hydrogens is 603 g/mol. The number of nitrogens with zero attached hydrogens (tertiary/aromatic N) is 1. The van der Waals surface area contributed by atoms with Crippen molar-refractivity contribution in [2.45, 2.75) is 31.7 Å². The van der Waals surface area contributed by atoms with Crippen molar-refractivity contribution in [1.82, 2.24) is 16.0 Å². The zero-order valence-corrected chi connectivity index (χ0v) is 23.6. The van der Waals surface area contributed by atoms with Gasteiger partial charge in [0.25, 0.3) is 0 Å². The number of hydrogen-bond donors (Lipinski definition) is 6. The fraction of sp³-hybridized carbons (Fsp3) is 0.286. The Balaban J connectivity index is 1.58. The lowest BCUT2D eigenvalue weighted by molar-refractivity contribution is -0.136. The summed E-state index contributed by atoms with van der Waals surface area (Å²) in [5.41, 5.74) is 8.49. The van der Waals surface area contributed by atoms with Gasteiger partial charge in [-0.15, -0.1) is 0 Å². The van der Waals surface area contributed by atoms with Gasteiger partial charge in [0.2, 0.25) is 17.7 Å². The van der Waals surface area contributed by atoms with Crippen LogP contribution < -0.4 is 38.4 Å². The predicted molar refractivity (Wildman–Crippen MR) is 156 cm³/mol. The molecule has 8 N–H and O–H groups in total. The van der Waals surface area contributed by atoms with Crippen molar-refractivity contribution < 1.29 is 41.5 Å². The minimum Gasteiger partial charge on any atom is -0.445 e. The molecule has 0 saturated heterocycles. The smallest absolute Gasteiger partial charge is 0.417 e. The van der Waals surface area contributed by atoms with E-state index in [0.717, 1.165) is 17.7 Å². The Kier molecular flexibility index (Phi) is 11.9. The number of anilines is 1. The van der Waals surface area contributed by atoms with Gasteiger partial charge < -0.3 is 41.9 Å². The number of carbonyl (C=O) groups excluding carboxylic acids is 4. The van der Waals surface area contributed by atoms with E-state index in [2.05, 4.69) is 26.3 Å². The molecule has 4 amide bonds. The SMILES string of the molecule is NC(N)=NCCCC(NC(=O)CNC(=O)CNC(=O)OCc1ccccc1)C(=O)Nc1ccc2c(C(F)(F)F)cc(=O)oc2c1. The molecule has 1 atom stereocenters. The zero-order chi connectivity index (χ0) is 33.0. The molecule has 3 aromatic rings. The number of rotatable bonds is 13. The van der Waals surface area contributed by atoms with Crippen LogP contribution in [0.25, 0.3) is 11.0 Å². The molecular formula is C28H30F3N7O7. The molecule has 1 aromatic heterocycles. The summed E-state index contributed by atoms with van der Waals surface area (Å²) in [5.74, 6) is -2.44. The van der Waals surface area contributed by atoms with E-state index >= 15 is 0 Å². The van der Waals surface area contributed by atoms with Gasteiger partial charge in [-0.05, 0) is 30.5 Å². The third-order valence-electron chi connectivity index (χ3n) is 5.97. The number of guanidine groups is 1. The van der Waals surface area contributed by atoms with E-state index < -0.39 is 71.3 Å². The van der Waals surface area contributed by atoms with Crippen LogP contribution in [-0.2, 0) is 31.9 Å². The highest BCUT2D eigenvalue weighted by Gasteiger charge is 2.34. The predicted octanol–water partition coefficient (Wildman–Crippen LogP) is 1.33. The Morgan fingerprint density at radius 2 is 1.67 bits per heavy atom. The first kappa shape index (κ1) is 33.9. The molecule has 1 unspecified atom stereocenters. The van der Waals surface area contributed by atoms with Crippen LogP contribution in [0.3, 0.4) is 0 Å². The molecule has 3 rings (SSSR count). The molecule has 0 radical (unpaired) electrons. The number of hydrogen-bond acceptors (Lipinski definition) is 8. The van der Waals surface area contributed by atoms with Gasteiger partial charge in [0.1, 0.15) is 24.8 Å². The van der Waals surface area contributed by atoms with Gasteiger partial charge in [0, 0.05) is 29.8 Å². The summed E-state index contributed by atoms with van der Waals surface area (Å²) in [5, 5.41) is 9.05. The van der Waals surface area contributed by atoms with E-state index in [-0.39, 0.29) is 37.6 Å². The Hall–Kier alpha value is -5.61. The third kappa shape index (κ3) is 11.2. The number of halogens is 3. The maximum Gasteiger partial charge on any atom is 0.417 e. The number of alkyl carbamates (subject to hydrolysis) is 1. The maximum absolute atomic E-state index is 13.3. The second-order valence-electron chi connectivity index (χ2n) is 9.44. The number of ether oxygens (including phenoxy) is 1. The standard InChI is InChI=1S/C28H30F3N7O7/c29-28(30,31)19-12-24(41)45-21-11-17(8-9-18(19)21)37-25(42)20(7-4-10-34-26(32)33)38-23(40)14-35-22(39)13-36-27(43)44-15-16-5-2-1-3-6-16/h1-3,5-6,8-9,11-12,20H,4,7,10,13-15H2,(H,35,39)(H,36,43)(H,37,42)(H,38,40)(H4,32,33,34). The normalized spacial score (nSPS) is 11.6. The molecule has 0 spiro atoms. The van der Waals surface area contributed by atoms with Gasteiger partial charge in [-0.25, -0.2) is 9.59 Å². The first-order valence-corrected chi connectivity index (χ1v) is 13.3. The molecule has 0 bridgehead atoms. The summed E-state index contributed by atoms with van der Waals surface area (Å²) in [6.07, 6.45) is -5.41. The van der Waals surface area contributed by atoms with Crippen molar-refractivity contribution in [3.8, 4) is 0 Å². The van der Waals surface area contributed by atoms with Crippen LogP contribution in [0.2, 0.25) is 0 Å². The van der Waals surface area contributed by atoms with Crippen LogP contribution in [0.4, 0.5) is 23.7 Å². The first-order valence-electron chi connectivity index (χ1n) is 13.3. The zero-order valence-electron chi connectivity index (χ0n) is 23.6. The number of carbonyl (C=O) groups is 4. The quantitative estimate of drug-likeness (QED) is 0.0691. The van der Waals surface area contributed by atoms with Gasteiger partial charge in [-0.3, -0.25) is 19.4 Å². The van der Waals surface area contributed by atoms with Crippen molar-refractivity contribution in [1.29, 1.82) is 0 Å². The van der Waals surface area contributed by atoms with E-state index in [1.165, 1.54) is 6.07 Å². The van der Waals surface area contributed by atoms with Crippen molar-refractivity contribution in [2.24, 2.45) is 16.5 Å². The van der Waals surface area contributed by atoms with Gasteiger partial charge >= 0.3 is 17.9 Å². The molecule has 17 heteroatoms. The minimum atomic E-state index is -4.82. The highest BCUT2D eigenvalue weighted by atomic mass is 19.4. The molecule has 0 aliphatic carbocycles. The average molecular weight is 634 g/mol. The Morgan fingerprint density at radius 3 is 2.36 bits per heavy atom. The van der Waals surface area contributed by atoms with Crippen LogP contribution in [0, 0.1) is 0 Å². The number of nitrogens with one attached hydrogen (secondary N) is 4. The van der Waals surface area contributed by atoms with Gasteiger partial charge in [-0.1, -0.05) is 30.3 Å². The summed E-state index contributed by atoms with van der Waals surface area (Å²) in [7, 11) is 0. The Labute approximate surface area is 253 Å². The van der Waals surface area contributed by atoms with E-state index in [1.807, 2.05) is 0 Å². The summed E-state index contributed by atoms with van der Waals surface area (Å²) in [6, 6.07) is 11.2. The molecule has 0 aliphatic heterocycles. The average Bonchev–Trinajstić information content (AvgIpc) is 2.98. The lowest BCUT2D eigenvalue weighted by Crippen LogP contribution is -2.48. The topological polar surface area (TPSA) is 220 Å². The summed E-state index contributed by atoms with van der Waals surface area (Å²) in [6.45, 7) is -0.937. The fourth-order valence-electron chi connectivity index (χ4n) is 3.89. The molecule has 240 valence electrons. The number of benzene rings is 2. The number of amides is 4. The Morgan fingerprint density at radius 1 is 0.956 bits per heavy atom. The maximum atomic E-state index is 13.3. The molecule has 2 aromatic carbocycles. The highest BCUT2D eigenvalue weighted by Crippen LogP contribution is 2.34. The number of fused-ring (bicyclic) bond motifs is 1. The van der Waals surface area contributed by atoms with E-state index in [4.69, 9.17) is 20.6 Å². The molecule has 1 heterocycles. The summed E-state index contributed by atoms with van der Waals surface area (Å²) < 4.78 is 49.9. The fourth-order valence-corrected chi connectivity index (χ4v) is 3.89. The van der Waals surface area contributed by atoms with Crippen molar-refractivity contribution in [3.05, 3.63) is 76.1 Å². The van der Waals surface area contributed by atoms with Crippen LogP contribution in [0.1, 0.15) is 24.0 Å².